The second-order valence-electron chi connectivity index (χ2n) is 4.46. The number of rotatable bonds is 2. The number of aromatic nitrogens is 2. The average Bonchev–Trinajstić information content (AvgIpc) is 3.13. The molecule has 1 aromatic heterocycles. The molecule has 1 saturated carbocycles. The SMILES string of the molecule is Nc1ccc(-n2c(O)c(O)n(C3CC3)c2=O)cc1. The van der Waals surface area contributed by atoms with Crippen molar-refractivity contribution in [1.29, 1.82) is 0 Å². The van der Waals surface area contributed by atoms with E-state index in [1.54, 1.807) is 24.3 Å². The molecule has 0 amide bonds. The van der Waals surface area contributed by atoms with Gasteiger partial charge in [0.25, 0.3) is 11.8 Å². The number of hydrogen-bond donors (Lipinski definition) is 3. The molecule has 0 atom stereocenters. The van der Waals surface area contributed by atoms with E-state index in [1.165, 1.54) is 4.57 Å². The summed E-state index contributed by atoms with van der Waals surface area (Å²) in [5.41, 5.74) is 6.18. The van der Waals surface area contributed by atoms with Crippen LogP contribution in [0.2, 0.25) is 0 Å². The molecule has 2 aromatic rings. The highest BCUT2D eigenvalue weighted by Crippen LogP contribution is 2.39. The summed E-state index contributed by atoms with van der Waals surface area (Å²) in [6.07, 6.45) is 1.69. The van der Waals surface area contributed by atoms with E-state index in [-0.39, 0.29) is 11.9 Å². The van der Waals surface area contributed by atoms with Crippen LogP contribution in [0, 0.1) is 0 Å². The number of benzene rings is 1. The van der Waals surface area contributed by atoms with Gasteiger partial charge in [-0.15, -0.1) is 0 Å². The smallest absolute Gasteiger partial charge is 0.338 e. The van der Waals surface area contributed by atoms with Crippen molar-refractivity contribution in [1.82, 2.24) is 9.13 Å². The van der Waals surface area contributed by atoms with Crippen LogP contribution in [0.5, 0.6) is 11.8 Å². The average molecular weight is 247 g/mol. The quantitative estimate of drug-likeness (QED) is 0.689. The van der Waals surface area contributed by atoms with Gasteiger partial charge in [0.1, 0.15) is 0 Å². The van der Waals surface area contributed by atoms with Gasteiger partial charge in [0.05, 0.1) is 5.69 Å². The Bertz CT molecular complexity index is 650. The first-order chi connectivity index (χ1) is 8.59. The Morgan fingerprint density at radius 2 is 1.72 bits per heavy atom. The van der Waals surface area contributed by atoms with Crippen LogP contribution in [0.3, 0.4) is 0 Å². The van der Waals surface area contributed by atoms with Gasteiger partial charge in [0.2, 0.25) is 0 Å². The molecule has 4 N–H and O–H groups in total. The number of nitrogens with two attached hydrogens (primary N) is 1. The number of imidazole rings is 1. The van der Waals surface area contributed by atoms with Crippen LogP contribution in [-0.4, -0.2) is 19.3 Å². The van der Waals surface area contributed by atoms with E-state index in [9.17, 15) is 15.0 Å². The van der Waals surface area contributed by atoms with Crippen LogP contribution in [-0.2, 0) is 0 Å². The highest BCUT2D eigenvalue weighted by molar-refractivity contribution is 5.47. The normalized spacial score (nSPS) is 14.9. The lowest BCUT2D eigenvalue weighted by Gasteiger charge is -2.02. The molecule has 1 fully saturated rings. The third-order valence-corrected chi connectivity index (χ3v) is 3.10. The standard InChI is InChI=1S/C12H13N3O3/c13-7-1-3-8(4-2-7)14-10(16)11(17)15(12(14)18)9-5-6-9/h1-4,9,16-17H,5-6,13H2. The summed E-state index contributed by atoms with van der Waals surface area (Å²) in [5, 5.41) is 19.7. The van der Waals surface area contributed by atoms with Crippen molar-refractivity contribution in [2.24, 2.45) is 0 Å². The van der Waals surface area contributed by atoms with E-state index in [0.717, 1.165) is 17.4 Å². The molecule has 6 heteroatoms. The molecule has 1 heterocycles. The summed E-state index contributed by atoms with van der Waals surface area (Å²) >= 11 is 0. The van der Waals surface area contributed by atoms with Crippen molar-refractivity contribution in [2.45, 2.75) is 18.9 Å². The lowest BCUT2D eigenvalue weighted by atomic mass is 10.3. The van der Waals surface area contributed by atoms with Gasteiger partial charge in [-0.05, 0) is 37.1 Å². The minimum atomic E-state index is -0.434. The molecule has 0 bridgehead atoms. The molecule has 94 valence electrons. The van der Waals surface area contributed by atoms with Crippen LogP contribution in [0.4, 0.5) is 5.69 Å². The molecular weight excluding hydrogens is 234 g/mol. The van der Waals surface area contributed by atoms with Gasteiger partial charge >= 0.3 is 5.69 Å². The van der Waals surface area contributed by atoms with Gasteiger partial charge in [-0.25, -0.2) is 9.36 Å². The van der Waals surface area contributed by atoms with Crippen LogP contribution in [0.25, 0.3) is 5.69 Å². The molecule has 0 spiro atoms. The molecular formula is C12H13N3O3. The zero-order chi connectivity index (χ0) is 12.9. The number of anilines is 1. The van der Waals surface area contributed by atoms with Gasteiger partial charge in [-0.2, -0.15) is 0 Å². The van der Waals surface area contributed by atoms with E-state index in [2.05, 4.69) is 0 Å². The van der Waals surface area contributed by atoms with Gasteiger partial charge < -0.3 is 15.9 Å². The second kappa shape index (κ2) is 3.56. The predicted octanol–water partition coefficient (Wildman–Crippen LogP) is 0.967. The van der Waals surface area contributed by atoms with Crippen molar-refractivity contribution in [3.05, 3.63) is 34.7 Å². The molecule has 0 aliphatic heterocycles. The Morgan fingerprint density at radius 1 is 1.11 bits per heavy atom. The lowest BCUT2D eigenvalue weighted by Crippen LogP contribution is -2.22. The van der Waals surface area contributed by atoms with Crippen LogP contribution >= 0.6 is 0 Å². The number of hydrogen-bond acceptors (Lipinski definition) is 4. The Hall–Kier alpha value is -2.37. The molecule has 0 radical (unpaired) electrons. The number of nitrogen functional groups attached to an aromatic ring is 1. The zero-order valence-corrected chi connectivity index (χ0v) is 9.58. The number of aromatic hydroxyl groups is 2. The predicted molar refractivity (Wildman–Crippen MR) is 66.0 cm³/mol. The van der Waals surface area contributed by atoms with Gasteiger partial charge in [-0.3, -0.25) is 4.57 Å². The van der Waals surface area contributed by atoms with Crippen molar-refractivity contribution < 1.29 is 10.2 Å². The first-order valence-electron chi connectivity index (χ1n) is 5.70. The first kappa shape index (κ1) is 10.8. The third-order valence-electron chi connectivity index (χ3n) is 3.10. The van der Waals surface area contributed by atoms with Crippen LogP contribution < -0.4 is 11.4 Å². The highest BCUT2D eigenvalue weighted by atomic mass is 16.3. The van der Waals surface area contributed by atoms with Crippen molar-refractivity contribution in [3.63, 3.8) is 0 Å². The van der Waals surface area contributed by atoms with E-state index in [4.69, 9.17) is 5.73 Å². The Morgan fingerprint density at radius 3 is 2.28 bits per heavy atom. The second-order valence-corrected chi connectivity index (χ2v) is 4.46. The van der Waals surface area contributed by atoms with Gasteiger partial charge in [0, 0.05) is 11.7 Å². The summed E-state index contributed by atoms with van der Waals surface area (Å²) < 4.78 is 2.30. The van der Waals surface area contributed by atoms with Crippen LogP contribution in [0.15, 0.2) is 29.1 Å². The molecule has 18 heavy (non-hydrogen) atoms. The molecule has 1 aliphatic carbocycles. The third kappa shape index (κ3) is 1.46. The van der Waals surface area contributed by atoms with E-state index in [1.807, 2.05) is 0 Å². The van der Waals surface area contributed by atoms with E-state index >= 15 is 0 Å². The minimum Gasteiger partial charge on any atom is -0.491 e. The molecule has 6 nitrogen and oxygen atoms in total. The number of nitrogens with zero attached hydrogens (tertiary/aromatic N) is 2. The fourth-order valence-corrected chi connectivity index (χ4v) is 2.01. The highest BCUT2D eigenvalue weighted by Gasteiger charge is 2.32. The Balaban J connectivity index is 2.20. The molecule has 0 saturated heterocycles. The minimum absolute atomic E-state index is 0.00145. The fraction of sp³-hybridized carbons (Fsp3) is 0.250. The maximum absolute atomic E-state index is 12.2. The summed E-state index contributed by atoms with van der Waals surface area (Å²) in [6.45, 7) is 0. The molecule has 1 aromatic carbocycles. The van der Waals surface area contributed by atoms with Gasteiger partial charge in [0.15, 0.2) is 0 Å². The van der Waals surface area contributed by atoms with E-state index < -0.39 is 11.6 Å². The fourth-order valence-electron chi connectivity index (χ4n) is 2.01. The maximum atomic E-state index is 12.2. The summed E-state index contributed by atoms with van der Waals surface area (Å²) in [5.74, 6) is -0.809. The molecule has 3 rings (SSSR count). The monoisotopic (exact) mass is 247 g/mol. The Kier molecular flexibility index (Phi) is 2.13. The zero-order valence-electron chi connectivity index (χ0n) is 9.58. The maximum Gasteiger partial charge on any atom is 0.338 e. The molecule has 0 unspecified atom stereocenters. The summed E-state index contributed by atoms with van der Waals surface area (Å²) in [4.78, 5) is 12.2. The first-order valence-corrected chi connectivity index (χ1v) is 5.70. The Labute approximate surface area is 103 Å². The van der Waals surface area contributed by atoms with E-state index in [0.29, 0.717) is 11.4 Å². The topological polar surface area (TPSA) is 93.4 Å². The molecule has 1 aliphatic rings. The van der Waals surface area contributed by atoms with Crippen molar-refractivity contribution >= 4 is 5.69 Å². The largest absolute Gasteiger partial charge is 0.491 e. The van der Waals surface area contributed by atoms with Gasteiger partial charge in [-0.1, -0.05) is 0 Å². The lowest BCUT2D eigenvalue weighted by molar-refractivity contribution is 0.363. The van der Waals surface area contributed by atoms with Crippen LogP contribution in [0.1, 0.15) is 18.9 Å². The summed E-state index contributed by atoms with van der Waals surface area (Å²) in [6, 6.07) is 6.50. The van der Waals surface area contributed by atoms with Crippen molar-refractivity contribution in [2.75, 3.05) is 5.73 Å². The van der Waals surface area contributed by atoms with Crippen molar-refractivity contribution in [3.8, 4) is 17.4 Å². The summed E-state index contributed by atoms with van der Waals surface area (Å²) in [7, 11) is 0.